The number of carbonyl (C=O) groups excluding carboxylic acids is 2. The number of alkyl halides is 10. The summed E-state index contributed by atoms with van der Waals surface area (Å²) >= 11 is 0. The third-order valence-corrected chi connectivity index (χ3v) is 4.36. The highest BCUT2D eigenvalue weighted by Gasteiger charge is 2.64. The van der Waals surface area contributed by atoms with Gasteiger partial charge in [-0.1, -0.05) is 12.2 Å². The number of esters is 2. The standard InChI is InChI=1S/C16H16F10O4/c1-7(13(17,18)15(21,22)23)29-11(27)9-5-3-4-6-10(9)12(28)30-8(2)14(19,20)16(24,25)26/h3,5,7-10H,4,6H2,1-2H3. The van der Waals surface area contributed by atoms with Crippen LogP contribution in [-0.2, 0) is 19.1 Å². The van der Waals surface area contributed by atoms with Gasteiger partial charge in [0, 0.05) is 0 Å². The normalized spacial score (nSPS) is 22.9. The second kappa shape index (κ2) is 8.61. The first kappa shape index (κ1) is 26.0. The zero-order valence-corrected chi connectivity index (χ0v) is 15.3. The number of rotatable bonds is 6. The predicted molar refractivity (Wildman–Crippen MR) is 78.5 cm³/mol. The van der Waals surface area contributed by atoms with Gasteiger partial charge in [0.25, 0.3) is 0 Å². The fraction of sp³-hybridized carbons (Fsp3) is 0.750. The Morgan fingerprint density at radius 2 is 1.20 bits per heavy atom. The molecule has 0 saturated heterocycles. The van der Waals surface area contributed by atoms with E-state index in [0.29, 0.717) is 0 Å². The van der Waals surface area contributed by atoms with Crippen molar-refractivity contribution in [3.05, 3.63) is 12.2 Å². The minimum Gasteiger partial charge on any atom is -0.456 e. The minimum absolute atomic E-state index is 0.0296. The molecule has 0 heterocycles. The third-order valence-electron chi connectivity index (χ3n) is 4.36. The van der Waals surface area contributed by atoms with Crippen LogP contribution in [0.3, 0.4) is 0 Å². The number of hydrogen-bond acceptors (Lipinski definition) is 4. The van der Waals surface area contributed by atoms with E-state index < -0.39 is 60.2 Å². The first-order chi connectivity index (χ1) is 13.3. The smallest absolute Gasteiger partial charge is 0.456 e. The quantitative estimate of drug-likeness (QED) is 0.323. The fourth-order valence-corrected chi connectivity index (χ4v) is 2.46. The summed E-state index contributed by atoms with van der Waals surface area (Å²) in [6, 6.07) is 0. The minimum atomic E-state index is -6.05. The van der Waals surface area contributed by atoms with Gasteiger partial charge in [0.05, 0.1) is 11.8 Å². The summed E-state index contributed by atoms with van der Waals surface area (Å²) in [5.41, 5.74) is 0. The van der Waals surface area contributed by atoms with Gasteiger partial charge in [-0.3, -0.25) is 9.59 Å². The van der Waals surface area contributed by atoms with E-state index in [2.05, 4.69) is 9.47 Å². The molecule has 0 radical (unpaired) electrons. The van der Waals surface area contributed by atoms with Crippen molar-refractivity contribution in [2.45, 2.75) is 63.1 Å². The number of hydrogen-bond donors (Lipinski definition) is 0. The Bertz CT molecular complexity index is 668. The predicted octanol–water partition coefficient (Wildman–Crippen LogP) is 4.83. The second-order valence-corrected chi connectivity index (χ2v) is 6.54. The van der Waals surface area contributed by atoms with Gasteiger partial charge in [0.1, 0.15) is 0 Å². The molecule has 0 fully saturated rings. The number of carbonyl (C=O) groups is 2. The average molecular weight is 462 g/mol. The molecule has 4 unspecified atom stereocenters. The number of halogens is 10. The molecule has 0 aromatic heterocycles. The van der Waals surface area contributed by atoms with E-state index in [4.69, 9.17) is 0 Å². The lowest BCUT2D eigenvalue weighted by molar-refractivity contribution is -0.313. The van der Waals surface area contributed by atoms with Gasteiger partial charge in [0.15, 0.2) is 12.2 Å². The van der Waals surface area contributed by atoms with E-state index in [9.17, 15) is 53.5 Å². The van der Waals surface area contributed by atoms with Gasteiger partial charge in [-0.2, -0.15) is 43.9 Å². The first-order valence-corrected chi connectivity index (χ1v) is 8.30. The van der Waals surface area contributed by atoms with Crippen LogP contribution in [0.25, 0.3) is 0 Å². The van der Waals surface area contributed by atoms with Crippen molar-refractivity contribution in [2.75, 3.05) is 0 Å². The summed E-state index contributed by atoms with van der Waals surface area (Å²) in [4.78, 5) is 24.1. The summed E-state index contributed by atoms with van der Waals surface area (Å²) in [7, 11) is 0. The molecule has 0 bridgehead atoms. The van der Waals surface area contributed by atoms with Crippen LogP contribution in [0.5, 0.6) is 0 Å². The summed E-state index contributed by atoms with van der Waals surface area (Å²) in [5, 5.41) is 0. The zero-order chi connectivity index (χ0) is 23.7. The molecule has 0 aliphatic heterocycles. The maximum Gasteiger partial charge on any atom is 0.457 e. The Kier molecular flexibility index (Phi) is 7.47. The summed E-state index contributed by atoms with van der Waals surface area (Å²) in [6.45, 7) is 0.501. The van der Waals surface area contributed by atoms with E-state index in [1.54, 1.807) is 0 Å². The molecule has 4 nitrogen and oxygen atoms in total. The fourth-order valence-electron chi connectivity index (χ4n) is 2.46. The molecule has 4 atom stereocenters. The van der Waals surface area contributed by atoms with Gasteiger partial charge in [0.2, 0.25) is 0 Å². The molecule has 0 amide bonds. The summed E-state index contributed by atoms with van der Waals surface area (Å²) in [5.74, 6) is -17.8. The van der Waals surface area contributed by atoms with Crippen molar-refractivity contribution in [3.8, 4) is 0 Å². The molecule has 0 aromatic carbocycles. The molecule has 0 aromatic rings. The van der Waals surface area contributed by atoms with Crippen LogP contribution in [0.4, 0.5) is 43.9 Å². The van der Waals surface area contributed by atoms with Crippen LogP contribution < -0.4 is 0 Å². The SMILES string of the molecule is CC(OC(=O)C1C=CCCC1C(=O)OC(C)C(F)(F)C(F)(F)F)C(F)(F)C(F)(F)F. The monoisotopic (exact) mass is 462 g/mol. The van der Waals surface area contributed by atoms with Crippen molar-refractivity contribution in [2.24, 2.45) is 11.8 Å². The maximum atomic E-state index is 13.2. The van der Waals surface area contributed by atoms with Gasteiger partial charge in [-0.05, 0) is 26.7 Å². The Labute approximate surface area is 163 Å². The highest BCUT2D eigenvalue weighted by Crippen LogP contribution is 2.41. The van der Waals surface area contributed by atoms with Gasteiger partial charge < -0.3 is 9.47 Å². The summed E-state index contributed by atoms with van der Waals surface area (Å²) < 4.78 is 135. The van der Waals surface area contributed by atoms with Gasteiger partial charge in [-0.15, -0.1) is 0 Å². The van der Waals surface area contributed by atoms with Crippen LogP contribution in [0.15, 0.2) is 12.2 Å². The van der Waals surface area contributed by atoms with Crippen molar-refractivity contribution in [1.29, 1.82) is 0 Å². The molecule has 30 heavy (non-hydrogen) atoms. The molecule has 1 aliphatic carbocycles. The highest BCUT2D eigenvalue weighted by molar-refractivity contribution is 5.84. The van der Waals surface area contributed by atoms with E-state index in [-0.39, 0.29) is 26.7 Å². The molecule has 0 saturated carbocycles. The lowest BCUT2D eigenvalue weighted by atomic mass is 9.84. The lowest BCUT2D eigenvalue weighted by Gasteiger charge is -2.31. The van der Waals surface area contributed by atoms with Gasteiger partial charge >= 0.3 is 36.1 Å². The summed E-state index contributed by atoms with van der Waals surface area (Å²) in [6.07, 6.45) is -16.3. The molecular weight excluding hydrogens is 446 g/mol. The maximum absolute atomic E-state index is 13.2. The Morgan fingerprint density at radius 3 is 1.60 bits per heavy atom. The number of allylic oxidation sites excluding steroid dienone is 1. The first-order valence-electron chi connectivity index (χ1n) is 8.30. The van der Waals surface area contributed by atoms with E-state index in [1.165, 1.54) is 6.08 Å². The van der Waals surface area contributed by atoms with Gasteiger partial charge in [-0.25, -0.2) is 0 Å². The van der Waals surface area contributed by atoms with Crippen molar-refractivity contribution >= 4 is 11.9 Å². The van der Waals surface area contributed by atoms with Crippen LogP contribution >= 0.6 is 0 Å². The topological polar surface area (TPSA) is 52.6 Å². The zero-order valence-electron chi connectivity index (χ0n) is 15.3. The molecular formula is C16H16F10O4. The third kappa shape index (κ3) is 5.36. The van der Waals surface area contributed by atoms with E-state index >= 15 is 0 Å². The van der Waals surface area contributed by atoms with E-state index in [1.807, 2.05) is 0 Å². The number of ether oxygens (including phenoxy) is 2. The molecule has 1 rings (SSSR count). The van der Waals surface area contributed by atoms with Crippen molar-refractivity contribution in [1.82, 2.24) is 0 Å². The average Bonchev–Trinajstić information content (AvgIpc) is 2.59. The molecule has 0 N–H and O–H groups in total. The van der Waals surface area contributed by atoms with Crippen molar-refractivity contribution in [3.63, 3.8) is 0 Å². The molecule has 1 aliphatic rings. The van der Waals surface area contributed by atoms with Crippen LogP contribution in [0, 0.1) is 11.8 Å². The Balaban J connectivity index is 2.95. The molecule has 14 heteroatoms. The second-order valence-electron chi connectivity index (χ2n) is 6.54. The van der Waals surface area contributed by atoms with Crippen LogP contribution in [-0.4, -0.2) is 48.3 Å². The van der Waals surface area contributed by atoms with Crippen LogP contribution in [0.2, 0.25) is 0 Å². The molecule has 174 valence electrons. The Hall–Kier alpha value is -2.02. The highest BCUT2D eigenvalue weighted by atomic mass is 19.4. The van der Waals surface area contributed by atoms with Crippen LogP contribution in [0.1, 0.15) is 26.7 Å². The van der Waals surface area contributed by atoms with Crippen molar-refractivity contribution < 1.29 is 63.0 Å². The largest absolute Gasteiger partial charge is 0.457 e. The molecule has 0 spiro atoms. The van der Waals surface area contributed by atoms with E-state index in [0.717, 1.165) is 6.08 Å². The lowest BCUT2D eigenvalue weighted by Crippen LogP contribution is -2.49. The Morgan fingerprint density at radius 1 is 0.800 bits per heavy atom.